The minimum absolute atomic E-state index is 0.304. The number of nitrogen functional groups attached to an aromatic ring is 2. The monoisotopic (exact) mass is 162 g/mol. The highest BCUT2D eigenvalue weighted by Gasteiger charge is 2.14. The summed E-state index contributed by atoms with van der Waals surface area (Å²) in [7, 11) is 0. The van der Waals surface area contributed by atoms with Gasteiger partial charge >= 0.3 is 0 Å². The Kier molecular flexibility index (Phi) is 1.64. The Morgan fingerprint density at radius 2 is 1.55 bits per heavy atom. The van der Waals surface area contributed by atoms with E-state index in [1.54, 1.807) is 0 Å². The fraction of sp³-hybridized carbons (Fsp3) is 0. The molecule has 0 aliphatic carbocycles. The standard InChI is InChI=1S/C6H5F3N2/c7-2-1-3(10)6(11)5(9)4(2)8/h1H,10-11H2. The molecule has 11 heavy (non-hydrogen) atoms. The minimum Gasteiger partial charge on any atom is -0.397 e. The zero-order valence-corrected chi connectivity index (χ0v) is 5.37. The Morgan fingerprint density at radius 3 is 2.09 bits per heavy atom. The molecular weight excluding hydrogens is 157 g/mol. The molecule has 0 aliphatic rings. The van der Waals surface area contributed by atoms with Crippen molar-refractivity contribution in [1.29, 1.82) is 0 Å². The summed E-state index contributed by atoms with van der Waals surface area (Å²) in [6.45, 7) is 0. The average molecular weight is 162 g/mol. The van der Waals surface area contributed by atoms with Crippen molar-refractivity contribution >= 4 is 11.4 Å². The molecule has 0 fully saturated rings. The van der Waals surface area contributed by atoms with E-state index in [0.717, 1.165) is 0 Å². The van der Waals surface area contributed by atoms with E-state index in [0.29, 0.717) is 6.07 Å². The van der Waals surface area contributed by atoms with Crippen molar-refractivity contribution in [3.8, 4) is 0 Å². The first kappa shape index (κ1) is 7.71. The second-order valence-electron chi connectivity index (χ2n) is 1.99. The van der Waals surface area contributed by atoms with Gasteiger partial charge in [-0.15, -0.1) is 0 Å². The second kappa shape index (κ2) is 2.34. The summed E-state index contributed by atoms with van der Waals surface area (Å²) in [5, 5.41) is 0. The lowest BCUT2D eigenvalue weighted by Gasteiger charge is -2.02. The first-order valence-corrected chi connectivity index (χ1v) is 2.72. The van der Waals surface area contributed by atoms with E-state index in [1.165, 1.54) is 0 Å². The molecule has 0 saturated carbocycles. The van der Waals surface area contributed by atoms with Crippen molar-refractivity contribution in [2.75, 3.05) is 11.5 Å². The van der Waals surface area contributed by atoms with Gasteiger partial charge in [-0.2, -0.15) is 0 Å². The fourth-order valence-corrected chi connectivity index (χ4v) is 0.627. The van der Waals surface area contributed by atoms with E-state index < -0.39 is 23.1 Å². The van der Waals surface area contributed by atoms with E-state index in [2.05, 4.69) is 0 Å². The third-order valence-corrected chi connectivity index (χ3v) is 1.23. The number of benzene rings is 1. The van der Waals surface area contributed by atoms with Crippen LogP contribution >= 0.6 is 0 Å². The van der Waals surface area contributed by atoms with Crippen LogP contribution in [0, 0.1) is 17.5 Å². The Morgan fingerprint density at radius 1 is 1.00 bits per heavy atom. The number of nitrogens with two attached hydrogens (primary N) is 2. The minimum atomic E-state index is -1.60. The maximum atomic E-state index is 12.4. The summed E-state index contributed by atoms with van der Waals surface area (Å²) in [4.78, 5) is 0. The van der Waals surface area contributed by atoms with Crippen molar-refractivity contribution in [1.82, 2.24) is 0 Å². The summed E-state index contributed by atoms with van der Waals surface area (Å²) >= 11 is 0. The fourth-order valence-electron chi connectivity index (χ4n) is 0.627. The molecule has 0 heterocycles. The predicted molar refractivity (Wildman–Crippen MR) is 35.1 cm³/mol. The van der Waals surface area contributed by atoms with Crippen LogP contribution in [-0.2, 0) is 0 Å². The quantitative estimate of drug-likeness (QED) is 0.445. The highest BCUT2D eigenvalue weighted by atomic mass is 19.2. The summed E-state index contributed by atoms with van der Waals surface area (Å²) in [5.74, 6) is -4.38. The van der Waals surface area contributed by atoms with Gasteiger partial charge in [-0.05, 0) is 0 Å². The third-order valence-electron chi connectivity index (χ3n) is 1.23. The van der Waals surface area contributed by atoms with Crippen LogP contribution in [0.4, 0.5) is 24.5 Å². The molecule has 0 unspecified atom stereocenters. The average Bonchev–Trinajstić information content (AvgIpc) is 1.97. The van der Waals surface area contributed by atoms with E-state index in [-0.39, 0.29) is 5.69 Å². The molecular formula is C6H5F3N2. The van der Waals surface area contributed by atoms with Crippen molar-refractivity contribution in [2.45, 2.75) is 0 Å². The van der Waals surface area contributed by atoms with E-state index in [4.69, 9.17) is 11.5 Å². The van der Waals surface area contributed by atoms with Gasteiger partial charge in [0.1, 0.15) is 0 Å². The highest BCUT2D eigenvalue weighted by Crippen LogP contribution is 2.23. The van der Waals surface area contributed by atoms with Gasteiger partial charge in [-0.1, -0.05) is 0 Å². The maximum absolute atomic E-state index is 12.4. The Labute approximate surface area is 60.6 Å². The van der Waals surface area contributed by atoms with E-state index >= 15 is 0 Å². The van der Waals surface area contributed by atoms with Gasteiger partial charge in [0.2, 0.25) is 0 Å². The lowest BCUT2D eigenvalue weighted by molar-refractivity contribution is 0.450. The normalized spacial score (nSPS) is 10.1. The molecule has 0 amide bonds. The van der Waals surface area contributed by atoms with Crippen molar-refractivity contribution < 1.29 is 13.2 Å². The zero-order valence-electron chi connectivity index (χ0n) is 5.37. The van der Waals surface area contributed by atoms with Gasteiger partial charge in [-0.3, -0.25) is 0 Å². The van der Waals surface area contributed by atoms with Gasteiger partial charge in [0.05, 0.1) is 11.4 Å². The van der Waals surface area contributed by atoms with Gasteiger partial charge in [0.15, 0.2) is 17.5 Å². The van der Waals surface area contributed by atoms with Crippen LogP contribution in [0.25, 0.3) is 0 Å². The van der Waals surface area contributed by atoms with Crippen molar-refractivity contribution in [2.24, 2.45) is 0 Å². The molecule has 5 heteroatoms. The molecule has 0 aliphatic heterocycles. The van der Waals surface area contributed by atoms with Crippen LogP contribution in [0.1, 0.15) is 0 Å². The molecule has 60 valence electrons. The van der Waals surface area contributed by atoms with Crippen LogP contribution in [0.15, 0.2) is 6.07 Å². The van der Waals surface area contributed by atoms with Gasteiger partial charge < -0.3 is 11.5 Å². The van der Waals surface area contributed by atoms with Crippen LogP contribution in [-0.4, -0.2) is 0 Å². The Bertz CT molecular complexity index is 272. The molecule has 4 N–H and O–H groups in total. The summed E-state index contributed by atoms with van der Waals surface area (Å²) < 4.78 is 37.0. The number of rotatable bonds is 0. The van der Waals surface area contributed by atoms with Crippen LogP contribution in [0.5, 0.6) is 0 Å². The van der Waals surface area contributed by atoms with Gasteiger partial charge in [0.25, 0.3) is 0 Å². The summed E-state index contributed by atoms with van der Waals surface area (Å²) in [5.41, 5.74) is 9.09. The maximum Gasteiger partial charge on any atom is 0.196 e. The molecule has 1 aromatic carbocycles. The predicted octanol–water partition coefficient (Wildman–Crippen LogP) is 1.27. The highest BCUT2D eigenvalue weighted by molar-refractivity contribution is 5.63. The molecule has 0 aromatic heterocycles. The number of hydrogen-bond acceptors (Lipinski definition) is 2. The SMILES string of the molecule is Nc1cc(F)c(F)c(F)c1N. The number of hydrogen-bond donors (Lipinski definition) is 2. The molecule has 0 atom stereocenters. The molecule has 0 radical (unpaired) electrons. The summed E-state index contributed by atoms with van der Waals surface area (Å²) in [6.07, 6.45) is 0. The largest absolute Gasteiger partial charge is 0.397 e. The molecule has 0 bridgehead atoms. The summed E-state index contributed by atoms with van der Waals surface area (Å²) in [6, 6.07) is 0.633. The third kappa shape index (κ3) is 1.09. The van der Waals surface area contributed by atoms with Crippen LogP contribution in [0.2, 0.25) is 0 Å². The first-order chi connectivity index (χ1) is 5.04. The van der Waals surface area contributed by atoms with Gasteiger partial charge in [0, 0.05) is 6.07 Å². The van der Waals surface area contributed by atoms with Gasteiger partial charge in [-0.25, -0.2) is 13.2 Å². The van der Waals surface area contributed by atoms with E-state index in [9.17, 15) is 13.2 Å². The molecule has 1 rings (SSSR count). The topological polar surface area (TPSA) is 52.0 Å². The van der Waals surface area contributed by atoms with Crippen molar-refractivity contribution in [3.63, 3.8) is 0 Å². The van der Waals surface area contributed by atoms with E-state index in [1.807, 2.05) is 0 Å². The second-order valence-corrected chi connectivity index (χ2v) is 1.99. The smallest absolute Gasteiger partial charge is 0.196 e. The Hall–Kier alpha value is -1.39. The lowest BCUT2D eigenvalue weighted by Crippen LogP contribution is -2.02. The van der Waals surface area contributed by atoms with Crippen LogP contribution in [0.3, 0.4) is 0 Å². The number of halogens is 3. The molecule has 0 saturated heterocycles. The molecule has 0 spiro atoms. The first-order valence-electron chi connectivity index (χ1n) is 2.72. The Balaban J connectivity index is 3.46. The van der Waals surface area contributed by atoms with Crippen molar-refractivity contribution in [3.05, 3.63) is 23.5 Å². The number of anilines is 2. The molecule has 1 aromatic rings. The molecule has 2 nitrogen and oxygen atoms in total. The van der Waals surface area contributed by atoms with Crippen LogP contribution < -0.4 is 11.5 Å². The zero-order chi connectivity index (χ0) is 8.59. The lowest BCUT2D eigenvalue weighted by atomic mass is 10.2.